The minimum absolute atomic E-state index is 0.0140. The summed E-state index contributed by atoms with van der Waals surface area (Å²) in [7, 11) is 1.40. The van der Waals surface area contributed by atoms with E-state index in [2.05, 4.69) is 56.0 Å². The van der Waals surface area contributed by atoms with Crippen LogP contribution in [0.2, 0.25) is 0 Å². The van der Waals surface area contributed by atoms with Gasteiger partial charge in [0.15, 0.2) is 0 Å². The molecule has 7 atom stereocenters. The Labute approximate surface area is 239 Å². The second kappa shape index (κ2) is 14.0. The average Bonchev–Trinajstić information content (AvgIpc) is 3.49. The predicted molar refractivity (Wildman–Crippen MR) is 155 cm³/mol. The van der Waals surface area contributed by atoms with Crippen LogP contribution in [0, 0.1) is 23.7 Å². The Morgan fingerprint density at radius 1 is 1.13 bits per heavy atom. The van der Waals surface area contributed by atoms with E-state index >= 15 is 0 Å². The Bertz CT molecular complexity index is 1140. The van der Waals surface area contributed by atoms with Crippen LogP contribution in [0.15, 0.2) is 54.6 Å². The number of fused-ring (bicyclic) bond motifs is 1. The van der Waals surface area contributed by atoms with Crippen LogP contribution in [0.3, 0.4) is 0 Å². The number of methoxy groups -OCH3 is 1. The number of hydrogen-bond donors (Lipinski definition) is 2. The van der Waals surface area contributed by atoms with E-state index in [0.29, 0.717) is 18.4 Å². The van der Waals surface area contributed by atoms with Gasteiger partial charge in [0.05, 0.1) is 0 Å². The van der Waals surface area contributed by atoms with Crippen LogP contribution in [0.1, 0.15) is 81.1 Å². The molecule has 2 aliphatic rings. The van der Waals surface area contributed by atoms with Crippen molar-refractivity contribution in [2.75, 3.05) is 7.11 Å². The summed E-state index contributed by atoms with van der Waals surface area (Å²) in [5.41, 5.74) is 1.59. The molecular formula is C33H42O5Se. The molecule has 39 heavy (non-hydrogen) atoms. The summed E-state index contributed by atoms with van der Waals surface area (Å²) in [4.78, 5) is 12.3. The topological polar surface area (TPSA) is 76.0 Å². The van der Waals surface area contributed by atoms with Gasteiger partial charge in [0.2, 0.25) is 0 Å². The first-order chi connectivity index (χ1) is 18.9. The van der Waals surface area contributed by atoms with Gasteiger partial charge in [-0.25, -0.2) is 0 Å². The number of aliphatic hydroxyl groups is 2. The third kappa shape index (κ3) is 7.34. The van der Waals surface area contributed by atoms with E-state index in [-0.39, 0.29) is 49.3 Å². The van der Waals surface area contributed by atoms with Gasteiger partial charge in [-0.05, 0) is 0 Å². The van der Waals surface area contributed by atoms with Crippen LogP contribution in [-0.4, -0.2) is 62.7 Å². The molecule has 2 aromatic carbocycles. The summed E-state index contributed by atoms with van der Waals surface area (Å²) < 4.78 is 12.6. The van der Waals surface area contributed by atoms with Gasteiger partial charge in [-0.1, -0.05) is 19.8 Å². The predicted octanol–water partition coefficient (Wildman–Crippen LogP) is 4.60. The van der Waals surface area contributed by atoms with Gasteiger partial charge in [-0.3, -0.25) is 0 Å². The molecule has 6 heteroatoms. The van der Waals surface area contributed by atoms with E-state index in [1.165, 1.54) is 30.8 Å². The summed E-state index contributed by atoms with van der Waals surface area (Å²) in [6.45, 7) is 4.43. The SMILES string of the molecule is CCCCCCCC(O)C#CC1C(O)CC2OC(C(C)([Se]c3ccccc3)c3cccc(C(=O)OC)c3)CC21. The number of unbranched alkanes of at least 4 members (excludes halogenated alkanes) is 4. The first-order valence-corrected chi connectivity index (χ1v) is 16.0. The molecule has 2 aromatic rings. The molecule has 210 valence electrons. The van der Waals surface area contributed by atoms with Crippen molar-refractivity contribution in [3.8, 4) is 11.8 Å². The van der Waals surface area contributed by atoms with Crippen molar-refractivity contribution in [1.29, 1.82) is 0 Å². The molecule has 1 saturated heterocycles. The summed E-state index contributed by atoms with van der Waals surface area (Å²) in [6, 6.07) is 18.2. The van der Waals surface area contributed by atoms with Gasteiger partial charge >= 0.3 is 221 Å². The van der Waals surface area contributed by atoms with Gasteiger partial charge in [0.25, 0.3) is 0 Å². The van der Waals surface area contributed by atoms with Crippen molar-refractivity contribution in [2.45, 2.75) is 93.9 Å². The van der Waals surface area contributed by atoms with Crippen LogP contribution in [0.4, 0.5) is 0 Å². The van der Waals surface area contributed by atoms with E-state index in [1.807, 2.05) is 18.2 Å². The molecule has 1 aliphatic carbocycles. The molecule has 0 radical (unpaired) electrons. The molecule has 4 rings (SSSR count). The van der Waals surface area contributed by atoms with Crippen molar-refractivity contribution in [2.24, 2.45) is 11.8 Å². The zero-order valence-corrected chi connectivity index (χ0v) is 25.1. The van der Waals surface area contributed by atoms with Crippen molar-refractivity contribution in [3.05, 3.63) is 65.7 Å². The Morgan fingerprint density at radius 3 is 2.64 bits per heavy atom. The zero-order valence-electron chi connectivity index (χ0n) is 23.3. The number of hydrogen-bond acceptors (Lipinski definition) is 5. The van der Waals surface area contributed by atoms with Crippen LogP contribution in [-0.2, 0) is 13.8 Å². The minimum atomic E-state index is -0.649. The molecule has 1 heterocycles. The number of ether oxygens (including phenoxy) is 2. The molecule has 7 unspecified atom stereocenters. The Hall–Kier alpha value is -2.13. The molecule has 1 saturated carbocycles. The van der Waals surface area contributed by atoms with Crippen molar-refractivity contribution in [3.63, 3.8) is 0 Å². The van der Waals surface area contributed by atoms with Gasteiger partial charge in [0.1, 0.15) is 0 Å². The molecule has 5 nitrogen and oxygen atoms in total. The maximum atomic E-state index is 12.3. The fourth-order valence-corrected chi connectivity index (χ4v) is 8.68. The number of benzene rings is 2. The molecule has 0 aromatic heterocycles. The monoisotopic (exact) mass is 598 g/mol. The van der Waals surface area contributed by atoms with E-state index in [4.69, 9.17) is 9.47 Å². The first-order valence-electron chi connectivity index (χ1n) is 14.3. The number of carbonyl (C=O) groups is 1. The second-order valence-corrected chi connectivity index (χ2v) is 14.2. The van der Waals surface area contributed by atoms with E-state index in [1.54, 1.807) is 6.07 Å². The fourth-order valence-electron chi connectivity index (χ4n) is 5.93. The normalized spacial score (nSPS) is 26.2. The molecule has 0 bridgehead atoms. The zero-order chi connectivity index (χ0) is 27.8. The fraction of sp³-hybridized carbons (Fsp3) is 0.545. The molecule has 2 N–H and O–H groups in total. The number of rotatable bonds is 11. The van der Waals surface area contributed by atoms with Crippen molar-refractivity contribution >= 4 is 25.4 Å². The van der Waals surface area contributed by atoms with E-state index in [0.717, 1.165) is 24.8 Å². The van der Waals surface area contributed by atoms with Gasteiger partial charge < -0.3 is 0 Å². The number of esters is 1. The molecule has 0 amide bonds. The first kappa shape index (κ1) is 29.8. The van der Waals surface area contributed by atoms with Gasteiger partial charge in [-0.2, -0.15) is 0 Å². The maximum absolute atomic E-state index is 12.3. The van der Waals surface area contributed by atoms with Crippen molar-refractivity contribution in [1.82, 2.24) is 0 Å². The van der Waals surface area contributed by atoms with E-state index in [9.17, 15) is 15.0 Å². The second-order valence-electron chi connectivity index (χ2n) is 11.0. The third-order valence-electron chi connectivity index (χ3n) is 8.19. The number of carbonyl (C=O) groups excluding carboxylic acids is 1. The third-order valence-corrected chi connectivity index (χ3v) is 11.2. The van der Waals surface area contributed by atoms with Crippen LogP contribution in [0.25, 0.3) is 0 Å². The van der Waals surface area contributed by atoms with E-state index < -0.39 is 12.2 Å². The summed E-state index contributed by atoms with van der Waals surface area (Å²) in [6.07, 6.45) is 6.42. The van der Waals surface area contributed by atoms with Gasteiger partial charge in [-0.15, -0.1) is 0 Å². The average molecular weight is 598 g/mol. The molecule has 2 fully saturated rings. The number of aliphatic hydroxyl groups excluding tert-OH is 2. The molecule has 0 spiro atoms. The van der Waals surface area contributed by atoms with Gasteiger partial charge in [0, 0.05) is 0 Å². The van der Waals surface area contributed by atoms with Crippen molar-refractivity contribution < 1.29 is 24.5 Å². The van der Waals surface area contributed by atoms with Crippen LogP contribution >= 0.6 is 0 Å². The van der Waals surface area contributed by atoms with Crippen LogP contribution < -0.4 is 4.46 Å². The summed E-state index contributed by atoms with van der Waals surface area (Å²) >= 11 is 0.0140. The molecular weight excluding hydrogens is 555 g/mol. The Morgan fingerprint density at radius 2 is 1.90 bits per heavy atom. The summed E-state index contributed by atoms with van der Waals surface area (Å²) in [5, 5.41) is 21.3. The van der Waals surface area contributed by atoms with Crippen LogP contribution in [0.5, 0.6) is 0 Å². The Kier molecular flexibility index (Phi) is 10.7. The quantitative estimate of drug-likeness (QED) is 0.172. The summed E-state index contributed by atoms with van der Waals surface area (Å²) in [5.74, 6) is 5.88. The Balaban J connectivity index is 1.53. The molecule has 1 aliphatic heterocycles. The standard InChI is InChI=1S/C33H42O5Se/c1-4-5-6-7-9-15-25(34)18-19-27-28-21-31(38-30(28)22-29(27)35)33(2,39-26-16-10-8-11-17-26)24-14-12-13-23(20-24)32(36)37-3/h8,10-14,16-17,20,25,27-31,34-35H,4-7,9,15,21-22H2,1-3H3.